The SMILES string of the molecule is C[C@H](NC1=N[C@H](Cc2ccccc2)CN1[C@@H](C)c1ccccc1)c1ccccc1. The van der Waals surface area contributed by atoms with E-state index >= 15 is 0 Å². The van der Waals surface area contributed by atoms with Gasteiger partial charge in [0, 0.05) is 6.54 Å². The molecule has 3 atom stereocenters. The molecule has 0 radical (unpaired) electrons. The third-order valence-corrected chi connectivity index (χ3v) is 5.69. The zero-order chi connectivity index (χ0) is 20.1. The lowest BCUT2D eigenvalue weighted by Crippen LogP contribution is -2.41. The Balaban J connectivity index is 1.56. The molecule has 1 N–H and O–H groups in total. The molecule has 3 nitrogen and oxygen atoms in total. The minimum absolute atomic E-state index is 0.205. The van der Waals surface area contributed by atoms with Crippen molar-refractivity contribution in [3.8, 4) is 0 Å². The molecule has 0 spiro atoms. The van der Waals surface area contributed by atoms with Crippen molar-refractivity contribution in [1.82, 2.24) is 10.2 Å². The molecule has 0 bridgehead atoms. The van der Waals surface area contributed by atoms with Crippen LogP contribution in [0.4, 0.5) is 0 Å². The van der Waals surface area contributed by atoms with E-state index in [9.17, 15) is 0 Å². The number of hydrogen-bond donors (Lipinski definition) is 1. The molecular weight excluding hydrogens is 354 g/mol. The van der Waals surface area contributed by atoms with Gasteiger partial charge >= 0.3 is 0 Å². The Morgan fingerprint density at radius 1 is 0.828 bits per heavy atom. The number of nitrogens with zero attached hydrogens (tertiary/aromatic N) is 2. The van der Waals surface area contributed by atoms with E-state index in [2.05, 4.69) is 115 Å². The Hall–Kier alpha value is -3.07. The number of benzene rings is 3. The van der Waals surface area contributed by atoms with Gasteiger partial charge in [-0.15, -0.1) is 0 Å². The second-order valence-electron chi connectivity index (χ2n) is 7.81. The van der Waals surface area contributed by atoms with E-state index in [4.69, 9.17) is 4.99 Å². The molecule has 3 heteroatoms. The van der Waals surface area contributed by atoms with Crippen LogP contribution in [0.5, 0.6) is 0 Å². The first-order chi connectivity index (χ1) is 14.2. The van der Waals surface area contributed by atoms with Crippen molar-refractivity contribution in [1.29, 1.82) is 0 Å². The second kappa shape index (κ2) is 8.95. The molecule has 0 aromatic heterocycles. The Kier molecular flexibility index (Phi) is 5.95. The van der Waals surface area contributed by atoms with Crippen LogP contribution in [0.1, 0.15) is 42.6 Å². The molecule has 1 aliphatic rings. The average molecular weight is 384 g/mol. The molecule has 3 aromatic carbocycles. The highest BCUT2D eigenvalue weighted by molar-refractivity contribution is 5.82. The largest absolute Gasteiger partial charge is 0.350 e. The van der Waals surface area contributed by atoms with Crippen LogP contribution in [0.25, 0.3) is 0 Å². The van der Waals surface area contributed by atoms with E-state index in [-0.39, 0.29) is 18.1 Å². The summed E-state index contributed by atoms with van der Waals surface area (Å²) in [4.78, 5) is 7.53. The Morgan fingerprint density at radius 2 is 1.38 bits per heavy atom. The predicted octanol–water partition coefficient (Wildman–Crippen LogP) is 5.38. The molecular formula is C26H29N3. The average Bonchev–Trinajstić information content (AvgIpc) is 3.17. The van der Waals surface area contributed by atoms with Crippen molar-refractivity contribution < 1.29 is 0 Å². The fourth-order valence-corrected chi connectivity index (χ4v) is 3.99. The summed E-state index contributed by atoms with van der Waals surface area (Å²) < 4.78 is 0. The van der Waals surface area contributed by atoms with Crippen LogP contribution in [0, 0.1) is 0 Å². The molecule has 3 aromatic rings. The predicted molar refractivity (Wildman–Crippen MR) is 121 cm³/mol. The van der Waals surface area contributed by atoms with Gasteiger partial charge in [0.05, 0.1) is 18.1 Å². The van der Waals surface area contributed by atoms with Gasteiger partial charge in [0.2, 0.25) is 0 Å². The topological polar surface area (TPSA) is 27.6 Å². The van der Waals surface area contributed by atoms with Gasteiger partial charge in [-0.3, -0.25) is 0 Å². The van der Waals surface area contributed by atoms with Gasteiger partial charge in [0.1, 0.15) is 0 Å². The van der Waals surface area contributed by atoms with Gasteiger partial charge in [-0.25, -0.2) is 4.99 Å². The fraction of sp³-hybridized carbons (Fsp3) is 0.269. The van der Waals surface area contributed by atoms with E-state index in [0.29, 0.717) is 0 Å². The molecule has 29 heavy (non-hydrogen) atoms. The molecule has 0 amide bonds. The van der Waals surface area contributed by atoms with Crippen molar-refractivity contribution >= 4 is 5.96 Å². The van der Waals surface area contributed by atoms with Gasteiger partial charge in [0.15, 0.2) is 5.96 Å². The van der Waals surface area contributed by atoms with Crippen molar-refractivity contribution in [2.45, 2.75) is 38.4 Å². The van der Waals surface area contributed by atoms with Gasteiger partial charge < -0.3 is 10.2 Å². The number of hydrogen-bond acceptors (Lipinski definition) is 3. The molecule has 0 fully saturated rings. The van der Waals surface area contributed by atoms with Crippen molar-refractivity contribution in [3.63, 3.8) is 0 Å². The summed E-state index contributed by atoms with van der Waals surface area (Å²) in [7, 11) is 0. The lowest BCUT2D eigenvalue weighted by Gasteiger charge is -2.30. The van der Waals surface area contributed by atoms with E-state index in [1.54, 1.807) is 0 Å². The first-order valence-corrected chi connectivity index (χ1v) is 10.5. The smallest absolute Gasteiger partial charge is 0.195 e. The highest BCUT2D eigenvalue weighted by Crippen LogP contribution is 2.26. The molecule has 148 valence electrons. The van der Waals surface area contributed by atoms with Crippen molar-refractivity contribution in [2.75, 3.05) is 6.54 Å². The minimum atomic E-state index is 0.205. The summed E-state index contributed by atoms with van der Waals surface area (Å²) in [6.45, 7) is 5.40. The standard InChI is InChI=1S/C26H29N3/c1-20(23-14-8-4-9-15-23)27-26-28-25(18-22-12-6-3-7-13-22)19-29(26)21(2)24-16-10-5-11-17-24/h3-17,20-21,25H,18-19H2,1-2H3,(H,27,28)/t20-,21-,25+/m0/s1. The fourth-order valence-electron chi connectivity index (χ4n) is 3.99. The Bertz CT molecular complexity index is 922. The van der Waals surface area contributed by atoms with Gasteiger partial charge in [-0.1, -0.05) is 91.0 Å². The van der Waals surface area contributed by atoms with Crippen molar-refractivity contribution in [2.24, 2.45) is 4.99 Å². The lowest BCUT2D eigenvalue weighted by molar-refractivity contribution is 0.332. The lowest BCUT2D eigenvalue weighted by atomic mass is 10.0. The molecule has 0 saturated carbocycles. The zero-order valence-corrected chi connectivity index (χ0v) is 17.2. The van der Waals surface area contributed by atoms with Crippen LogP contribution >= 0.6 is 0 Å². The summed E-state index contributed by atoms with van der Waals surface area (Å²) in [5.74, 6) is 0.999. The molecule has 0 unspecified atom stereocenters. The highest BCUT2D eigenvalue weighted by Gasteiger charge is 2.30. The quantitative estimate of drug-likeness (QED) is 0.619. The highest BCUT2D eigenvalue weighted by atomic mass is 15.4. The summed E-state index contributed by atoms with van der Waals surface area (Å²) in [5.41, 5.74) is 3.93. The molecule has 1 aliphatic heterocycles. The maximum atomic E-state index is 5.11. The first kappa shape index (κ1) is 19.3. The van der Waals surface area contributed by atoms with E-state index in [0.717, 1.165) is 18.9 Å². The van der Waals surface area contributed by atoms with Crippen LogP contribution in [0.3, 0.4) is 0 Å². The normalized spacial score (nSPS) is 18.2. The maximum absolute atomic E-state index is 5.11. The van der Waals surface area contributed by atoms with E-state index in [1.165, 1.54) is 16.7 Å². The third-order valence-electron chi connectivity index (χ3n) is 5.69. The Labute approximate surface area is 174 Å². The van der Waals surface area contributed by atoms with Crippen LogP contribution in [0.2, 0.25) is 0 Å². The van der Waals surface area contributed by atoms with Gasteiger partial charge in [0.25, 0.3) is 0 Å². The molecule has 0 aliphatic carbocycles. The van der Waals surface area contributed by atoms with Gasteiger partial charge in [-0.2, -0.15) is 0 Å². The van der Waals surface area contributed by atoms with Gasteiger partial charge in [-0.05, 0) is 37.0 Å². The maximum Gasteiger partial charge on any atom is 0.195 e. The second-order valence-corrected chi connectivity index (χ2v) is 7.81. The summed E-state index contributed by atoms with van der Waals surface area (Å²) >= 11 is 0. The number of guanidine groups is 1. The zero-order valence-electron chi connectivity index (χ0n) is 17.2. The number of rotatable bonds is 6. The van der Waals surface area contributed by atoms with Crippen molar-refractivity contribution in [3.05, 3.63) is 108 Å². The van der Waals surface area contributed by atoms with Crippen LogP contribution < -0.4 is 5.32 Å². The summed E-state index contributed by atoms with van der Waals surface area (Å²) in [5, 5.41) is 3.69. The monoisotopic (exact) mass is 383 g/mol. The molecule has 1 heterocycles. The number of nitrogens with one attached hydrogen (secondary N) is 1. The minimum Gasteiger partial charge on any atom is -0.350 e. The first-order valence-electron chi connectivity index (χ1n) is 10.5. The van der Waals surface area contributed by atoms with Crippen LogP contribution in [0.15, 0.2) is 96.0 Å². The summed E-state index contributed by atoms with van der Waals surface area (Å²) in [6, 6.07) is 32.7. The Morgan fingerprint density at radius 3 is 2.00 bits per heavy atom. The van der Waals surface area contributed by atoms with E-state index in [1.807, 2.05) is 0 Å². The third kappa shape index (κ3) is 4.68. The molecule has 0 saturated heterocycles. The van der Waals surface area contributed by atoms with E-state index < -0.39 is 0 Å². The summed E-state index contributed by atoms with van der Waals surface area (Å²) in [6.07, 6.45) is 0.962. The van der Waals surface area contributed by atoms with Crippen LogP contribution in [-0.2, 0) is 6.42 Å². The molecule has 4 rings (SSSR count). The number of aliphatic imine (C=N–C) groups is 1. The van der Waals surface area contributed by atoms with Crippen LogP contribution in [-0.4, -0.2) is 23.4 Å².